The Kier molecular flexibility index (Phi) is 3.37. The Morgan fingerprint density at radius 2 is 1.94 bits per heavy atom. The second-order valence-corrected chi connectivity index (χ2v) is 3.66. The van der Waals surface area contributed by atoms with Crippen LogP contribution in [0.2, 0.25) is 5.02 Å². The zero-order valence-electron chi connectivity index (χ0n) is 8.36. The second kappa shape index (κ2) is 4.94. The van der Waals surface area contributed by atoms with Gasteiger partial charge in [0.25, 0.3) is 0 Å². The van der Waals surface area contributed by atoms with Gasteiger partial charge in [-0.15, -0.1) is 0 Å². The van der Waals surface area contributed by atoms with Gasteiger partial charge in [0.1, 0.15) is 12.4 Å². The van der Waals surface area contributed by atoms with Crippen LogP contribution in [0.15, 0.2) is 42.6 Å². The molecule has 0 unspecified atom stereocenters. The molecule has 0 spiro atoms. The average Bonchev–Trinajstić information content (AvgIpc) is 2.28. The maximum absolute atomic E-state index is 12.6. The van der Waals surface area contributed by atoms with Crippen LogP contribution in [0.3, 0.4) is 0 Å². The molecule has 2 rings (SSSR count). The fourth-order valence-electron chi connectivity index (χ4n) is 1.20. The second-order valence-electron chi connectivity index (χ2n) is 3.23. The minimum Gasteiger partial charge on any atom is -0.473 e. The van der Waals surface area contributed by atoms with Crippen molar-refractivity contribution >= 4 is 11.6 Å². The maximum atomic E-state index is 12.6. The molecule has 0 radical (unpaired) electrons. The Morgan fingerprint density at radius 1 is 1.19 bits per heavy atom. The molecule has 0 amide bonds. The van der Waals surface area contributed by atoms with Crippen LogP contribution in [0.5, 0.6) is 5.88 Å². The van der Waals surface area contributed by atoms with Crippen LogP contribution in [-0.4, -0.2) is 4.98 Å². The van der Waals surface area contributed by atoms with E-state index >= 15 is 0 Å². The summed E-state index contributed by atoms with van der Waals surface area (Å²) >= 11 is 5.78. The lowest BCUT2D eigenvalue weighted by Crippen LogP contribution is -1.96. The molecule has 0 aliphatic heterocycles. The lowest BCUT2D eigenvalue weighted by Gasteiger charge is -2.05. The van der Waals surface area contributed by atoms with Crippen LogP contribution in [0.25, 0.3) is 0 Å². The summed E-state index contributed by atoms with van der Waals surface area (Å²) in [6.07, 6.45) is 1.57. The number of pyridine rings is 1. The van der Waals surface area contributed by atoms with Gasteiger partial charge in [-0.05, 0) is 23.8 Å². The van der Waals surface area contributed by atoms with E-state index < -0.39 is 0 Å². The van der Waals surface area contributed by atoms with Crippen LogP contribution in [0.1, 0.15) is 5.56 Å². The molecular weight excluding hydrogens is 229 g/mol. The third-order valence-electron chi connectivity index (χ3n) is 2.00. The van der Waals surface area contributed by atoms with E-state index in [2.05, 4.69) is 4.98 Å². The van der Waals surface area contributed by atoms with Crippen LogP contribution < -0.4 is 4.74 Å². The average molecular weight is 238 g/mol. The standard InChI is InChI=1S/C12H9ClFNO/c13-10-5-6-15-12(7-10)16-8-9-1-3-11(14)4-2-9/h1-7H,8H2. The molecule has 0 aliphatic rings. The third kappa shape index (κ3) is 2.94. The van der Waals surface area contributed by atoms with Gasteiger partial charge in [0, 0.05) is 17.3 Å². The van der Waals surface area contributed by atoms with Crippen molar-refractivity contribution in [2.75, 3.05) is 0 Å². The molecule has 2 nitrogen and oxygen atoms in total. The number of benzene rings is 1. The fourth-order valence-corrected chi connectivity index (χ4v) is 1.35. The number of halogens is 2. The largest absolute Gasteiger partial charge is 0.473 e. The van der Waals surface area contributed by atoms with E-state index in [0.717, 1.165) is 5.56 Å². The molecule has 0 saturated heterocycles. The van der Waals surface area contributed by atoms with Crippen molar-refractivity contribution in [3.8, 4) is 5.88 Å². The normalized spacial score (nSPS) is 10.1. The summed E-state index contributed by atoms with van der Waals surface area (Å²) in [6.45, 7) is 0.341. The first-order valence-corrected chi connectivity index (χ1v) is 5.10. The van der Waals surface area contributed by atoms with E-state index in [-0.39, 0.29) is 5.82 Å². The highest BCUT2D eigenvalue weighted by Gasteiger charge is 1.98. The molecule has 0 atom stereocenters. The van der Waals surface area contributed by atoms with E-state index in [4.69, 9.17) is 16.3 Å². The van der Waals surface area contributed by atoms with Gasteiger partial charge in [-0.1, -0.05) is 23.7 Å². The van der Waals surface area contributed by atoms with Crippen molar-refractivity contribution in [3.05, 3.63) is 59.0 Å². The number of nitrogens with zero attached hydrogens (tertiary/aromatic N) is 1. The number of rotatable bonds is 3. The van der Waals surface area contributed by atoms with Gasteiger partial charge in [0.05, 0.1) is 0 Å². The summed E-state index contributed by atoms with van der Waals surface area (Å²) in [6, 6.07) is 9.42. The van der Waals surface area contributed by atoms with Crippen LogP contribution >= 0.6 is 11.6 Å². The predicted molar refractivity (Wildman–Crippen MR) is 60.0 cm³/mol. The van der Waals surface area contributed by atoms with E-state index in [1.54, 1.807) is 30.5 Å². The third-order valence-corrected chi connectivity index (χ3v) is 2.23. The maximum Gasteiger partial charge on any atom is 0.215 e. The molecule has 0 N–H and O–H groups in total. The van der Waals surface area contributed by atoms with Crippen LogP contribution in [-0.2, 0) is 6.61 Å². The SMILES string of the molecule is Fc1ccc(COc2cc(Cl)ccn2)cc1. The monoisotopic (exact) mass is 237 g/mol. The van der Waals surface area contributed by atoms with Gasteiger partial charge in [0.2, 0.25) is 5.88 Å². The highest BCUT2D eigenvalue weighted by atomic mass is 35.5. The number of hydrogen-bond donors (Lipinski definition) is 0. The Bertz CT molecular complexity index is 473. The number of hydrogen-bond acceptors (Lipinski definition) is 2. The zero-order chi connectivity index (χ0) is 11.4. The summed E-state index contributed by atoms with van der Waals surface area (Å²) < 4.78 is 18.0. The first kappa shape index (κ1) is 10.9. The summed E-state index contributed by atoms with van der Waals surface area (Å²) in [5, 5.41) is 0.573. The van der Waals surface area contributed by atoms with Crippen molar-refractivity contribution in [1.29, 1.82) is 0 Å². The Labute approximate surface area is 97.7 Å². The first-order valence-electron chi connectivity index (χ1n) is 4.73. The molecule has 1 aromatic heterocycles. The minimum absolute atomic E-state index is 0.260. The molecule has 0 aliphatic carbocycles. The lowest BCUT2D eigenvalue weighted by molar-refractivity contribution is 0.294. The molecule has 0 saturated carbocycles. The summed E-state index contributed by atoms with van der Waals surface area (Å²) in [7, 11) is 0. The van der Waals surface area contributed by atoms with E-state index in [0.29, 0.717) is 17.5 Å². The number of aromatic nitrogens is 1. The van der Waals surface area contributed by atoms with Crippen molar-refractivity contribution < 1.29 is 9.13 Å². The van der Waals surface area contributed by atoms with Gasteiger partial charge in [0.15, 0.2) is 0 Å². The first-order chi connectivity index (χ1) is 7.74. The summed E-state index contributed by atoms with van der Waals surface area (Å²) in [5.74, 6) is 0.196. The van der Waals surface area contributed by atoms with Crippen LogP contribution in [0, 0.1) is 5.82 Å². The summed E-state index contributed by atoms with van der Waals surface area (Å²) in [5.41, 5.74) is 0.878. The molecule has 1 aromatic carbocycles. The number of ether oxygens (including phenoxy) is 1. The molecule has 16 heavy (non-hydrogen) atoms. The molecule has 1 heterocycles. The Hall–Kier alpha value is -1.61. The quantitative estimate of drug-likeness (QED) is 0.816. The molecule has 4 heteroatoms. The zero-order valence-corrected chi connectivity index (χ0v) is 9.12. The van der Waals surface area contributed by atoms with Crippen LogP contribution in [0.4, 0.5) is 4.39 Å². The predicted octanol–water partition coefficient (Wildman–Crippen LogP) is 3.45. The topological polar surface area (TPSA) is 22.1 Å². The highest BCUT2D eigenvalue weighted by Crippen LogP contribution is 2.15. The van der Waals surface area contributed by atoms with Gasteiger partial charge in [-0.2, -0.15) is 0 Å². The molecule has 2 aromatic rings. The van der Waals surface area contributed by atoms with Gasteiger partial charge >= 0.3 is 0 Å². The molecular formula is C12H9ClFNO. The molecule has 82 valence electrons. The van der Waals surface area contributed by atoms with Gasteiger partial charge in [-0.25, -0.2) is 9.37 Å². The van der Waals surface area contributed by atoms with Gasteiger partial charge < -0.3 is 4.74 Å². The minimum atomic E-state index is -0.260. The van der Waals surface area contributed by atoms with E-state index in [1.165, 1.54) is 12.1 Å². The van der Waals surface area contributed by atoms with Crippen molar-refractivity contribution in [2.45, 2.75) is 6.61 Å². The highest BCUT2D eigenvalue weighted by molar-refractivity contribution is 6.30. The smallest absolute Gasteiger partial charge is 0.215 e. The van der Waals surface area contributed by atoms with E-state index in [9.17, 15) is 4.39 Å². The Morgan fingerprint density at radius 3 is 2.62 bits per heavy atom. The van der Waals surface area contributed by atoms with Crippen molar-refractivity contribution in [2.24, 2.45) is 0 Å². The fraction of sp³-hybridized carbons (Fsp3) is 0.0833. The molecule has 0 bridgehead atoms. The summed E-state index contributed by atoms with van der Waals surface area (Å²) in [4.78, 5) is 3.99. The Balaban J connectivity index is 1.99. The van der Waals surface area contributed by atoms with E-state index in [1.807, 2.05) is 0 Å². The van der Waals surface area contributed by atoms with Gasteiger partial charge in [-0.3, -0.25) is 0 Å². The lowest BCUT2D eigenvalue weighted by atomic mass is 10.2. The molecule has 0 fully saturated rings. The van der Waals surface area contributed by atoms with Crippen molar-refractivity contribution in [3.63, 3.8) is 0 Å². The van der Waals surface area contributed by atoms with Crippen molar-refractivity contribution in [1.82, 2.24) is 4.98 Å².